The predicted molar refractivity (Wildman–Crippen MR) is 77.0 cm³/mol. The second kappa shape index (κ2) is 10.7. The highest BCUT2D eigenvalue weighted by Gasteiger charge is 2.24. The van der Waals surface area contributed by atoms with E-state index in [-0.39, 0.29) is 12.0 Å². The Morgan fingerprint density at radius 1 is 1.28 bits per heavy atom. The van der Waals surface area contributed by atoms with Gasteiger partial charge in [0, 0.05) is 33.3 Å². The van der Waals surface area contributed by atoms with Crippen molar-refractivity contribution in [1.29, 1.82) is 0 Å². The SMILES string of the molecule is CCCNCC(C)(CC)CN(CCO)CCOC. The zero-order chi connectivity index (χ0) is 13.9. The van der Waals surface area contributed by atoms with Crippen LogP contribution in [0, 0.1) is 5.41 Å². The van der Waals surface area contributed by atoms with E-state index in [1.54, 1.807) is 7.11 Å². The molecule has 0 aromatic carbocycles. The molecule has 1 atom stereocenters. The van der Waals surface area contributed by atoms with Gasteiger partial charge < -0.3 is 15.2 Å². The van der Waals surface area contributed by atoms with E-state index in [0.717, 1.165) is 45.8 Å². The lowest BCUT2D eigenvalue weighted by atomic mass is 9.86. The Kier molecular flexibility index (Phi) is 10.6. The first-order valence-corrected chi connectivity index (χ1v) is 7.14. The molecule has 0 aliphatic rings. The highest BCUT2D eigenvalue weighted by Crippen LogP contribution is 2.21. The average Bonchev–Trinajstić information content (AvgIpc) is 2.36. The van der Waals surface area contributed by atoms with Crippen LogP contribution in [0.3, 0.4) is 0 Å². The van der Waals surface area contributed by atoms with Gasteiger partial charge in [0.25, 0.3) is 0 Å². The molecule has 0 aliphatic carbocycles. The van der Waals surface area contributed by atoms with Crippen molar-refractivity contribution in [3.8, 4) is 0 Å². The molecule has 0 heterocycles. The third-order valence-electron chi connectivity index (χ3n) is 3.47. The van der Waals surface area contributed by atoms with Gasteiger partial charge in [-0.15, -0.1) is 0 Å². The summed E-state index contributed by atoms with van der Waals surface area (Å²) < 4.78 is 5.13. The van der Waals surface area contributed by atoms with E-state index in [4.69, 9.17) is 9.84 Å². The van der Waals surface area contributed by atoms with Crippen LogP contribution in [0.1, 0.15) is 33.6 Å². The summed E-state index contributed by atoms with van der Waals surface area (Å²) in [6.45, 7) is 12.4. The molecular formula is C14H32N2O2. The molecule has 0 bridgehead atoms. The van der Waals surface area contributed by atoms with Crippen molar-refractivity contribution >= 4 is 0 Å². The summed E-state index contributed by atoms with van der Waals surface area (Å²) in [5, 5.41) is 12.6. The van der Waals surface area contributed by atoms with Crippen LogP contribution in [-0.2, 0) is 4.74 Å². The molecule has 0 aliphatic heterocycles. The fraction of sp³-hybridized carbons (Fsp3) is 1.00. The third-order valence-corrected chi connectivity index (χ3v) is 3.47. The Balaban J connectivity index is 4.23. The van der Waals surface area contributed by atoms with E-state index in [9.17, 15) is 0 Å². The first-order valence-electron chi connectivity index (χ1n) is 7.14. The van der Waals surface area contributed by atoms with E-state index in [1.165, 1.54) is 6.42 Å². The summed E-state index contributed by atoms with van der Waals surface area (Å²) in [6, 6.07) is 0. The molecule has 0 aromatic heterocycles. The molecule has 0 amide bonds. The van der Waals surface area contributed by atoms with Gasteiger partial charge in [-0.05, 0) is 24.8 Å². The van der Waals surface area contributed by atoms with Crippen LogP contribution in [-0.4, -0.2) is 63.1 Å². The molecule has 0 radical (unpaired) electrons. The third kappa shape index (κ3) is 8.03. The zero-order valence-corrected chi connectivity index (χ0v) is 12.7. The number of ether oxygens (including phenoxy) is 1. The number of aliphatic hydroxyl groups is 1. The largest absolute Gasteiger partial charge is 0.395 e. The minimum absolute atomic E-state index is 0.214. The van der Waals surface area contributed by atoms with Gasteiger partial charge in [-0.25, -0.2) is 0 Å². The van der Waals surface area contributed by atoms with E-state index in [0.29, 0.717) is 0 Å². The Labute approximate surface area is 113 Å². The fourth-order valence-electron chi connectivity index (χ4n) is 2.03. The van der Waals surface area contributed by atoms with Crippen LogP contribution < -0.4 is 5.32 Å². The zero-order valence-electron chi connectivity index (χ0n) is 12.7. The molecule has 0 rings (SSSR count). The van der Waals surface area contributed by atoms with Gasteiger partial charge in [-0.3, -0.25) is 4.90 Å². The normalized spacial score (nSPS) is 15.0. The quantitative estimate of drug-likeness (QED) is 0.520. The van der Waals surface area contributed by atoms with E-state index < -0.39 is 0 Å². The van der Waals surface area contributed by atoms with Gasteiger partial charge in [0.2, 0.25) is 0 Å². The summed E-state index contributed by atoms with van der Waals surface area (Å²) in [6.07, 6.45) is 2.31. The van der Waals surface area contributed by atoms with E-state index >= 15 is 0 Å². The molecule has 0 fully saturated rings. The maximum atomic E-state index is 9.12. The minimum atomic E-state index is 0.214. The predicted octanol–water partition coefficient (Wildman–Crippen LogP) is 1.34. The van der Waals surface area contributed by atoms with Crippen molar-refractivity contribution in [3.63, 3.8) is 0 Å². The second-order valence-corrected chi connectivity index (χ2v) is 5.33. The molecule has 4 nitrogen and oxygen atoms in total. The first-order chi connectivity index (χ1) is 8.61. The van der Waals surface area contributed by atoms with Crippen LogP contribution in [0.5, 0.6) is 0 Å². The van der Waals surface area contributed by atoms with Gasteiger partial charge in [-0.2, -0.15) is 0 Å². The van der Waals surface area contributed by atoms with Crippen LogP contribution >= 0.6 is 0 Å². The number of aliphatic hydroxyl groups excluding tert-OH is 1. The Bertz CT molecular complexity index is 191. The average molecular weight is 260 g/mol. The van der Waals surface area contributed by atoms with Crippen LogP contribution in [0.25, 0.3) is 0 Å². The van der Waals surface area contributed by atoms with Gasteiger partial charge in [0.15, 0.2) is 0 Å². The van der Waals surface area contributed by atoms with Crippen molar-refractivity contribution in [1.82, 2.24) is 10.2 Å². The lowest BCUT2D eigenvalue weighted by Gasteiger charge is -2.35. The molecular weight excluding hydrogens is 228 g/mol. The summed E-state index contributed by atoms with van der Waals surface area (Å²) in [5.41, 5.74) is 0.262. The smallest absolute Gasteiger partial charge is 0.0589 e. The first kappa shape index (κ1) is 17.8. The lowest BCUT2D eigenvalue weighted by Crippen LogP contribution is -2.44. The summed E-state index contributed by atoms with van der Waals surface area (Å²) in [5.74, 6) is 0. The van der Waals surface area contributed by atoms with Gasteiger partial charge in [-0.1, -0.05) is 20.8 Å². The van der Waals surface area contributed by atoms with Crippen molar-refractivity contribution in [2.24, 2.45) is 5.41 Å². The van der Waals surface area contributed by atoms with Gasteiger partial charge in [0.05, 0.1) is 13.2 Å². The van der Waals surface area contributed by atoms with Crippen molar-refractivity contribution < 1.29 is 9.84 Å². The molecule has 4 heteroatoms. The maximum Gasteiger partial charge on any atom is 0.0589 e. The van der Waals surface area contributed by atoms with Crippen molar-refractivity contribution in [3.05, 3.63) is 0 Å². The molecule has 0 saturated heterocycles. The second-order valence-electron chi connectivity index (χ2n) is 5.33. The number of hydrogen-bond donors (Lipinski definition) is 2. The molecule has 0 saturated carbocycles. The molecule has 0 aromatic rings. The van der Waals surface area contributed by atoms with Crippen LogP contribution in [0.4, 0.5) is 0 Å². The monoisotopic (exact) mass is 260 g/mol. The molecule has 18 heavy (non-hydrogen) atoms. The highest BCUT2D eigenvalue weighted by atomic mass is 16.5. The fourth-order valence-corrected chi connectivity index (χ4v) is 2.03. The standard InChI is InChI=1S/C14H32N2O2/c1-5-7-15-12-14(3,6-2)13-16(8-10-17)9-11-18-4/h15,17H,5-13H2,1-4H3. The Morgan fingerprint density at radius 3 is 2.50 bits per heavy atom. The molecule has 1 unspecified atom stereocenters. The van der Waals surface area contributed by atoms with Crippen molar-refractivity contribution in [2.75, 3.05) is 53.0 Å². The van der Waals surface area contributed by atoms with Crippen LogP contribution in [0.2, 0.25) is 0 Å². The van der Waals surface area contributed by atoms with E-state index in [2.05, 4.69) is 31.0 Å². The lowest BCUT2D eigenvalue weighted by molar-refractivity contribution is 0.0934. The maximum absolute atomic E-state index is 9.12. The topological polar surface area (TPSA) is 44.7 Å². The number of methoxy groups -OCH3 is 1. The Morgan fingerprint density at radius 2 is 2.00 bits per heavy atom. The highest BCUT2D eigenvalue weighted by molar-refractivity contribution is 4.79. The molecule has 2 N–H and O–H groups in total. The number of nitrogens with zero attached hydrogens (tertiary/aromatic N) is 1. The van der Waals surface area contributed by atoms with Crippen molar-refractivity contribution in [2.45, 2.75) is 33.6 Å². The summed E-state index contributed by atoms with van der Waals surface area (Å²) >= 11 is 0. The van der Waals surface area contributed by atoms with Gasteiger partial charge in [0.1, 0.15) is 0 Å². The number of rotatable bonds is 12. The van der Waals surface area contributed by atoms with E-state index in [1.807, 2.05) is 0 Å². The number of nitrogens with one attached hydrogen (secondary N) is 1. The Hall–Kier alpha value is -0.160. The molecule has 110 valence electrons. The molecule has 0 spiro atoms. The van der Waals surface area contributed by atoms with Gasteiger partial charge >= 0.3 is 0 Å². The summed E-state index contributed by atoms with van der Waals surface area (Å²) in [4.78, 5) is 2.29. The van der Waals surface area contributed by atoms with Crippen LogP contribution in [0.15, 0.2) is 0 Å². The number of hydrogen-bond acceptors (Lipinski definition) is 4. The summed E-state index contributed by atoms with van der Waals surface area (Å²) in [7, 11) is 1.72. The minimum Gasteiger partial charge on any atom is -0.395 e.